The molecule has 1 N–H and O–H groups in total. The summed E-state index contributed by atoms with van der Waals surface area (Å²) >= 11 is 0. The lowest BCUT2D eigenvalue weighted by Gasteiger charge is -2.29. The van der Waals surface area contributed by atoms with E-state index in [1.165, 1.54) is 4.90 Å². The Labute approximate surface area is 141 Å². The molecule has 1 aromatic carbocycles. The van der Waals surface area contributed by atoms with Gasteiger partial charge in [0.2, 0.25) is 5.91 Å². The zero-order valence-corrected chi connectivity index (χ0v) is 14.1. The Morgan fingerprint density at radius 1 is 1.25 bits per heavy atom. The molecular formula is C18H22N4O2. The molecule has 1 aliphatic heterocycles. The Balaban J connectivity index is 1.79. The van der Waals surface area contributed by atoms with Crippen molar-refractivity contribution in [1.29, 1.82) is 0 Å². The number of amides is 2. The lowest BCUT2D eigenvalue weighted by Crippen LogP contribution is -2.49. The highest BCUT2D eigenvalue weighted by atomic mass is 16.2. The molecule has 1 fully saturated rings. The molecule has 24 heavy (non-hydrogen) atoms. The number of nitrogens with zero attached hydrogens (tertiary/aromatic N) is 3. The number of carbonyl (C=O) groups excluding carboxylic acids is 2. The van der Waals surface area contributed by atoms with E-state index in [1.807, 2.05) is 31.2 Å². The molecule has 2 amide bonds. The quantitative estimate of drug-likeness (QED) is 0.915. The van der Waals surface area contributed by atoms with E-state index in [0.717, 1.165) is 29.7 Å². The van der Waals surface area contributed by atoms with Crippen LogP contribution in [0.1, 0.15) is 16.1 Å². The summed E-state index contributed by atoms with van der Waals surface area (Å²) in [6.45, 7) is 4.95. The first kappa shape index (κ1) is 16.4. The van der Waals surface area contributed by atoms with Gasteiger partial charge >= 0.3 is 0 Å². The summed E-state index contributed by atoms with van der Waals surface area (Å²) in [7, 11) is 1.67. The Kier molecular flexibility index (Phi) is 4.76. The molecule has 1 aliphatic rings. The molecule has 0 saturated carbocycles. The molecule has 3 rings (SSSR count). The molecule has 6 heteroatoms. The number of pyridine rings is 1. The maximum absolute atomic E-state index is 12.8. The Hall–Kier alpha value is -2.47. The van der Waals surface area contributed by atoms with Crippen LogP contribution in [0.25, 0.3) is 10.9 Å². The average molecular weight is 326 g/mol. The van der Waals surface area contributed by atoms with Gasteiger partial charge < -0.3 is 15.1 Å². The van der Waals surface area contributed by atoms with E-state index in [-0.39, 0.29) is 18.4 Å². The maximum atomic E-state index is 12.8. The second-order valence-corrected chi connectivity index (χ2v) is 6.12. The van der Waals surface area contributed by atoms with E-state index >= 15 is 0 Å². The lowest BCUT2D eigenvalue weighted by molar-refractivity contribution is -0.132. The van der Waals surface area contributed by atoms with Gasteiger partial charge in [0.05, 0.1) is 17.6 Å². The van der Waals surface area contributed by atoms with Crippen LogP contribution >= 0.6 is 0 Å². The van der Waals surface area contributed by atoms with Crippen LogP contribution < -0.4 is 5.32 Å². The normalized spacial score (nSPS) is 14.7. The van der Waals surface area contributed by atoms with Crippen molar-refractivity contribution in [2.45, 2.75) is 6.92 Å². The number of fused-ring (bicyclic) bond motifs is 1. The molecule has 0 spiro atoms. The fraction of sp³-hybridized carbons (Fsp3) is 0.389. The van der Waals surface area contributed by atoms with E-state index < -0.39 is 0 Å². The molecule has 0 radical (unpaired) electrons. The lowest BCUT2D eigenvalue weighted by atomic mass is 10.1. The van der Waals surface area contributed by atoms with Crippen molar-refractivity contribution >= 4 is 22.7 Å². The van der Waals surface area contributed by atoms with Crippen molar-refractivity contribution in [3.05, 3.63) is 41.6 Å². The predicted molar refractivity (Wildman–Crippen MR) is 92.9 cm³/mol. The van der Waals surface area contributed by atoms with Crippen molar-refractivity contribution in [2.24, 2.45) is 0 Å². The van der Waals surface area contributed by atoms with Crippen molar-refractivity contribution in [2.75, 3.05) is 39.8 Å². The van der Waals surface area contributed by atoms with Crippen LogP contribution in [0.3, 0.4) is 0 Å². The van der Waals surface area contributed by atoms with Gasteiger partial charge in [-0.3, -0.25) is 14.6 Å². The zero-order chi connectivity index (χ0) is 17.1. The minimum absolute atomic E-state index is 0.0116. The Morgan fingerprint density at radius 3 is 2.71 bits per heavy atom. The number of likely N-dealkylation sites (N-methyl/N-ethyl adjacent to an activating group) is 1. The standard InChI is InChI=1S/C18H22N4O2/c1-13-11-15(14-5-3-4-6-16(14)20-13)18(24)21(2)12-17(23)22-9-7-19-8-10-22/h3-6,11,19H,7-10,12H2,1-2H3. The minimum atomic E-state index is -0.153. The van der Waals surface area contributed by atoms with Crippen LogP contribution in [-0.4, -0.2) is 66.4 Å². The summed E-state index contributed by atoms with van der Waals surface area (Å²) in [5.74, 6) is -0.164. The van der Waals surface area contributed by atoms with Crippen LogP contribution in [0, 0.1) is 6.92 Å². The van der Waals surface area contributed by atoms with Crippen molar-refractivity contribution in [3.8, 4) is 0 Å². The number of rotatable bonds is 3. The first-order valence-electron chi connectivity index (χ1n) is 8.16. The van der Waals surface area contributed by atoms with Gasteiger partial charge in [-0.25, -0.2) is 0 Å². The summed E-state index contributed by atoms with van der Waals surface area (Å²) in [5, 5.41) is 4.03. The molecule has 126 valence electrons. The van der Waals surface area contributed by atoms with Crippen LogP contribution in [0.2, 0.25) is 0 Å². The second kappa shape index (κ2) is 6.97. The number of nitrogens with one attached hydrogen (secondary N) is 1. The highest BCUT2D eigenvalue weighted by Gasteiger charge is 2.22. The number of hydrogen-bond acceptors (Lipinski definition) is 4. The smallest absolute Gasteiger partial charge is 0.254 e. The second-order valence-electron chi connectivity index (χ2n) is 6.12. The third kappa shape index (κ3) is 3.38. The number of piperazine rings is 1. The number of carbonyl (C=O) groups is 2. The van der Waals surface area contributed by atoms with Gasteiger partial charge in [-0.05, 0) is 19.1 Å². The summed E-state index contributed by atoms with van der Waals surface area (Å²) in [6, 6.07) is 9.37. The van der Waals surface area contributed by atoms with E-state index in [0.29, 0.717) is 18.7 Å². The highest BCUT2D eigenvalue weighted by Crippen LogP contribution is 2.19. The molecule has 2 aromatic rings. The van der Waals surface area contributed by atoms with E-state index in [9.17, 15) is 9.59 Å². The molecular weight excluding hydrogens is 304 g/mol. The third-order valence-corrected chi connectivity index (χ3v) is 4.26. The molecule has 0 atom stereocenters. The maximum Gasteiger partial charge on any atom is 0.254 e. The van der Waals surface area contributed by atoms with Gasteiger partial charge in [0.15, 0.2) is 0 Å². The van der Waals surface area contributed by atoms with E-state index in [2.05, 4.69) is 10.3 Å². The number of hydrogen-bond donors (Lipinski definition) is 1. The molecule has 2 heterocycles. The monoisotopic (exact) mass is 326 g/mol. The first-order valence-corrected chi connectivity index (χ1v) is 8.16. The Bertz CT molecular complexity index is 769. The van der Waals surface area contributed by atoms with E-state index in [1.54, 1.807) is 18.0 Å². The van der Waals surface area contributed by atoms with Gasteiger partial charge in [0.1, 0.15) is 0 Å². The molecule has 6 nitrogen and oxygen atoms in total. The van der Waals surface area contributed by atoms with Crippen LogP contribution in [0.4, 0.5) is 0 Å². The average Bonchev–Trinajstić information content (AvgIpc) is 2.61. The van der Waals surface area contributed by atoms with E-state index in [4.69, 9.17) is 0 Å². The summed E-state index contributed by atoms with van der Waals surface area (Å²) in [4.78, 5) is 33.0. The number of benzene rings is 1. The fourth-order valence-corrected chi connectivity index (χ4v) is 2.98. The van der Waals surface area contributed by atoms with Crippen molar-refractivity contribution in [1.82, 2.24) is 20.1 Å². The van der Waals surface area contributed by atoms with Crippen LogP contribution in [-0.2, 0) is 4.79 Å². The number of aromatic nitrogens is 1. The summed E-state index contributed by atoms with van der Waals surface area (Å²) < 4.78 is 0. The molecule has 0 unspecified atom stereocenters. The zero-order valence-electron chi connectivity index (χ0n) is 14.1. The number of para-hydroxylation sites is 1. The molecule has 1 saturated heterocycles. The summed E-state index contributed by atoms with van der Waals surface area (Å²) in [6.07, 6.45) is 0. The van der Waals surface area contributed by atoms with Gasteiger partial charge in [-0.15, -0.1) is 0 Å². The first-order chi connectivity index (χ1) is 11.6. The van der Waals surface area contributed by atoms with Crippen LogP contribution in [0.5, 0.6) is 0 Å². The highest BCUT2D eigenvalue weighted by molar-refractivity contribution is 6.06. The van der Waals surface area contributed by atoms with Crippen molar-refractivity contribution < 1.29 is 9.59 Å². The van der Waals surface area contributed by atoms with Crippen LogP contribution in [0.15, 0.2) is 30.3 Å². The third-order valence-electron chi connectivity index (χ3n) is 4.26. The number of aryl methyl sites for hydroxylation is 1. The summed E-state index contributed by atoms with van der Waals surface area (Å²) in [5.41, 5.74) is 2.18. The van der Waals surface area contributed by atoms with Gasteiger partial charge in [-0.1, -0.05) is 18.2 Å². The van der Waals surface area contributed by atoms with Gasteiger partial charge in [0.25, 0.3) is 5.91 Å². The topological polar surface area (TPSA) is 65.5 Å². The minimum Gasteiger partial charge on any atom is -0.339 e. The molecule has 0 aliphatic carbocycles. The van der Waals surface area contributed by atoms with Gasteiger partial charge in [0, 0.05) is 44.3 Å². The largest absolute Gasteiger partial charge is 0.339 e. The SMILES string of the molecule is Cc1cc(C(=O)N(C)CC(=O)N2CCNCC2)c2ccccc2n1. The molecule has 1 aromatic heterocycles. The fourth-order valence-electron chi connectivity index (χ4n) is 2.98. The molecule has 0 bridgehead atoms. The van der Waals surface area contributed by atoms with Crippen molar-refractivity contribution in [3.63, 3.8) is 0 Å². The predicted octanol–water partition coefficient (Wildman–Crippen LogP) is 1.05. The van der Waals surface area contributed by atoms with Gasteiger partial charge in [-0.2, -0.15) is 0 Å². The Morgan fingerprint density at radius 2 is 1.96 bits per heavy atom.